The quantitative estimate of drug-likeness (QED) is 0.798. The maximum absolute atomic E-state index is 13.7. The molecule has 0 aromatic heterocycles. The van der Waals surface area contributed by atoms with Crippen molar-refractivity contribution in [3.63, 3.8) is 0 Å². The van der Waals surface area contributed by atoms with Gasteiger partial charge in [0.25, 0.3) is 0 Å². The van der Waals surface area contributed by atoms with Crippen molar-refractivity contribution in [1.29, 1.82) is 0 Å². The van der Waals surface area contributed by atoms with Gasteiger partial charge in [-0.2, -0.15) is 0 Å². The van der Waals surface area contributed by atoms with Gasteiger partial charge in [-0.1, -0.05) is 22.0 Å². The molecule has 2 rings (SSSR count). The summed E-state index contributed by atoms with van der Waals surface area (Å²) in [6, 6.07) is 10.6. The number of rotatable bonds is 4. The third kappa shape index (κ3) is 3.48. The molecule has 0 aliphatic rings. The number of anilines is 1. The van der Waals surface area contributed by atoms with E-state index in [-0.39, 0.29) is 5.82 Å². The zero-order chi connectivity index (χ0) is 13.8. The summed E-state index contributed by atoms with van der Waals surface area (Å²) in [6.07, 6.45) is 0. The third-order valence-corrected chi connectivity index (χ3v) is 3.81. The molecule has 0 saturated heterocycles. The van der Waals surface area contributed by atoms with Crippen LogP contribution in [0.4, 0.5) is 10.1 Å². The highest BCUT2D eigenvalue weighted by atomic mass is 79.9. The number of benzene rings is 2. The van der Waals surface area contributed by atoms with Crippen LogP contribution in [0.25, 0.3) is 0 Å². The van der Waals surface area contributed by atoms with Gasteiger partial charge in [0.05, 0.1) is 12.8 Å². The molecule has 2 nitrogen and oxygen atoms in total. The molecule has 0 radical (unpaired) electrons. The van der Waals surface area contributed by atoms with Crippen LogP contribution in [0.15, 0.2) is 45.3 Å². The zero-order valence-corrected chi connectivity index (χ0v) is 13.4. The Balaban J connectivity index is 2.21. The Hall–Kier alpha value is -1.07. The van der Waals surface area contributed by atoms with Gasteiger partial charge >= 0.3 is 0 Å². The summed E-state index contributed by atoms with van der Waals surface area (Å²) in [5, 5.41) is 3.08. The molecule has 2 aromatic carbocycles. The second kappa shape index (κ2) is 6.39. The molecule has 0 atom stereocenters. The standard InChI is InChI=1S/C14H12Br2FNO/c1-19-13-6-5-10(15)7-9(13)8-18-14-11(16)3-2-4-12(14)17/h2-7,18H,8H2,1H3. The first kappa shape index (κ1) is 14.3. The van der Waals surface area contributed by atoms with Crippen LogP contribution < -0.4 is 10.1 Å². The van der Waals surface area contributed by atoms with E-state index in [9.17, 15) is 4.39 Å². The minimum atomic E-state index is -0.289. The van der Waals surface area contributed by atoms with E-state index in [0.29, 0.717) is 16.7 Å². The minimum Gasteiger partial charge on any atom is -0.496 e. The lowest BCUT2D eigenvalue weighted by molar-refractivity contribution is 0.410. The van der Waals surface area contributed by atoms with Crippen LogP contribution in [-0.4, -0.2) is 7.11 Å². The van der Waals surface area contributed by atoms with Gasteiger partial charge in [-0.25, -0.2) is 4.39 Å². The van der Waals surface area contributed by atoms with Crippen LogP contribution in [0.5, 0.6) is 5.75 Å². The molecule has 0 aliphatic heterocycles. The van der Waals surface area contributed by atoms with Crippen LogP contribution in [0, 0.1) is 5.82 Å². The highest BCUT2D eigenvalue weighted by molar-refractivity contribution is 9.10. The summed E-state index contributed by atoms with van der Waals surface area (Å²) in [6.45, 7) is 0.474. The molecule has 0 amide bonds. The first-order valence-electron chi connectivity index (χ1n) is 5.62. The Labute approximate surface area is 128 Å². The molecule has 0 bridgehead atoms. The molecule has 19 heavy (non-hydrogen) atoms. The molecule has 0 unspecified atom stereocenters. The van der Waals surface area contributed by atoms with Crippen molar-refractivity contribution in [3.05, 3.63) is 56.7 Å². The maximum Gasteiger partial charge on any atom is 0.147 e. The number of hydrogen-bond donors (Lipinski definition) is 1. The second-order valence-electron chi connectivity index (χ2n) is 3.91. The van der Waals surface area contributed by atoms with Crippen LogP contribution in [0.2, 0.25) is 0 Å². The number of nitrogens with one attached hydrogen (secondary N) is 1. The minimum absolute atomic E-state index is 0.289. The Morgan fingerprint density at radius 1 is 1.21 bits per heavy atom. The Kier molecular flexibility index (Phi) is 4.82. The lowest BCUT2D eigenvalue weighted by Gasteiger charge is -2.12. The van der Waals surface area contributed by atoms with Crippen molar-refractivity contribution >= 4 is 37.5 Å². The van der Waals surface area contributed by atoms with E-state index in [0.717, 1.165) is 15.8 Å². The van der Waals surface area contributed by atoms with E-state index < -0.39 is 0 Å². The number of methoxy groups -OCH3 is 1. The fourth-order valence-corrected chi connectivity index (χ4v) is 2.63. The number of para-hydroxylation sites is 1. The summed E-state index contributed by atoms with van der Waals surface area (Å²) in [5.74, 6) is 0.478. The smallest absolute Gasteiger partial charge is 0.147 e. The highest BCUT2D eigenvalue weighted by Gasteiger charge is 2.08. The van der Waals surface area contributed by atoms with Crippen molar-refractivity contribution in [1.82, 2.24) is 0 Å². The molecule has 0 spiro atoms. The predicted molar refractivity (Wildman–Crippen MR) is 82.1 cm³/mol. The van der Waals surface area contributed by atoms with Crippen LogP contribution in [-0.2, 0) is 6.54 Å². The van der Waals surface area contributed by atoms with Crippen molar-refractivity contribution in [2.24, 2.45) is 0 Å². The lowest BCUT2D eigenvalue weighted by atomic mass is 10.2. The summed E-state index contributed by atoms with van der Waals surface area (Å²) in [5.41, 5.74) is 1.40. The number of ether oxygens (including phenoxy) is 1. The van der Waals surface area contributed by atoms with Crippen molar-refractivity contribution in [3.8, 4) is 5.75 Å². The largest absolute Gasteiger partial charge is 0.496 e. The highest BCUT2D eigenvalue weighted by Crippen LogP contribution is 2.28. The second-order valence-corrected chi connectivity index (χ2v) is 5.68. The van der Waals surface area contributed by atoms with E-state index in [1.165, 1.54) is 6.07 Å². The first-order valence-corrected chi connectivity index (χ1v) is 7.20. The van der Waals surface area contributed by atoms with Gasteiger partial charge in [-0.05, 0) is 46.3 Å². The molecular weight excluding hydrogens is 377 g/mol. The van der Waals surface area contributed by atoms with Crippen molar-refractivity contribution in [2.45, 2.75) is 6.54 Å². The van der Waals surface area contributed by atoms with Gasteiger partial charge in [-0.15, -0.1) is 0 Å². The molecule has 2 aromatic rings. The predicted octanol–water partition coefficient (Wildman–Crippen LogP) is 4.97. The van der Waals surface area contributed by atoms with E-state index >= 15 is 0 Å². The topological polar surface area (TPSA) is 21.3 Å². The van der Waals surface area contributed by atoms with Gasteiger partial charge in [0.2, 0.25) is 0 Å². The monoisotopic (exact) mass is 387 g/mol. The summed E-state index contributed by atoms with van der Waals surface area (Å²) >= 11 is 6.74. The fraction of sp³-hybridized carbons (Fsp3) is 0.143. The lowest BCUT2D eigenvalue weighted by Crippen LogP contribution is -2.04. The van der Waals surface area contributed by atoms with Gasteiger partial charge in [0.1, 0.15) is 11.6 Å². The summed E-state index contributed by atoms with van der Waals surface area (Å²) < 4.78 is 20.6. The average molecular weight is 389 g/mol. The Morgan fingerprint density at radius 2 is 2.00 bits per heavy atom. The van der Waals surface area contributed by atoms with Crippen LogP contribution >= 0.6 is 31.9 Å². The van der Waals surface area contributed by atoms with E-state index in [4.69, 9.17) is 4.74 Å². The first-order chi connectivity index (χ1) is 9.11. The normalized spacial score (nSPS) is 10.3. The number of halogens is 3. The molecule has 5 heteroatoms. The van der Waals surface area contributed by atoms with Crippen LogP contribution in [0.3, 0.4) is 0 Å². The van der Waals surface area contributed by atoms with Gasteiger partial charge in [0.15, 0.2) is 0 Å². The van der Waals surface area contributed by atoms with E-state index in [1.807, 2.05) is 18.2 Å². The van der Waals surface area contributed by atoms with E-state index in [1.54, 1.807) is 19.2 Å². The zero-order valence-electron chi connectivity index (χ0n) is 10.2. The summed E-state index contributed by atoms with van der Waals surface area (Å²) in [7, 11) is 1.62. The Morgan fingerprint density at radius 3 is 2.68 bits per heavy atom. The van der Waals surface area contributed by atoms with Crippen molar-refractivity contribution < 1.29 is 9.13 Å². The van der Waals surface area contributed by atoms with Crippen LogP contribution in [0.1, 0.15) is 5.56 Å². The van der Waals surface area contributed by atoms with E-state index in [2.05, 4.69) is 37.2 Å². The molecule has 0 fully saturated rings. The molecule has 0 heterocycles. The third-order valence-electron chi connectivity index (χ3n) is 2.66. The average Bonchev–Trinajstić information content (AvgIpc) is 2.38. The summed E-state index contributed by atoms with van der Waals surface area (Å²) in [4.78, 5) is 0. The van der Waals surface area contributed by atoms with Gasteiger partial charge in [-0.3, -0.25) is 0 Å². The Bertz CT molecular complexity index is 569. The maximum atomic E-state index is 13.7. The SMILES string of the molecule is COc1ccc(Br)cc1CNc1c(F)cccc1Br. The molecule has 0 aliphatic carbocycles. The number of hydrogen-bond acceptors (Lipinski definition) is 2. The van der Waals surface area contributed by atoms with Gasteiger partial charge < -0.3 is 10.1 Å². The van der Waals surface area contributed by atoms with Gasteiger partial charge in [0, 0.05) is 21.1 Å². The molecule has 1 N–H and O–H groups in total. The van der Waals surface area contributed by atoms with Crippen molar-refractivity contribution in [2.75, 3.05) is 12.4 Å². The fourth-order valence-electron chi connectivity index (χ4n) is 1.74. The molecular formula is C14H12Br2FNO. The molecule has 0 saturated carbocycles. The molecule has 100 valence electrons.